The van der Waals surface area contributed by atoms with Crippen molar-refractivity contribution < 1.29 is 9.90 Å². The van der Waals surface area contributed by atoms with Gasteiger partial charge in [-0.05, 0) is 32.3 Å². The maximum absolute atomic E-state index is 10.0. The van der Waals surface area contributed by atoms with E-state index in [1.54, 1.807) is 0 Å². The zero-order valence-electron chi connectivity index (χ0n) is 12.7. The molecule has 24 heavy (non-hydrogen) atoms. The molecule has 5 rings (SSSR count). The molecule has 0 spiro atoms. The summed E-state index contributed by atoms with van der Waals surface area (Å²) in [6.07, 6.45) is 2.57. The largest absolute Gasteiger partial charge is 0.478 e. The Bertz CT molecular complexity index is 1000. The summed E-state index contributed by atoms with van der Waals surface area (Å²) < 4.78 is 0. The van der Waals surface area contributed by atoms with Gasteiger partial charge in [-0.2, -0.15) is 5.10 Å². The number of aromatic carboxylic acids is 1. The van der Waals surface area contributed by atoms with Crippen LogP contribution in [0.2, 0.25) is 0 Å². The predicted octanol–water partition coefficient (Wildman–Crippen LogP) is 4.69. The Hall–Kier alpha value is -3.40. The zero-order valence-corrected chi connectivity index (χ0v) is 12.7. The standard InChI is InChI=1S/C16H10.C4H4N2O2/c1-3-11-7-9-13-5-2-6-14-10-8-12(4-1)15(11)16(13)14;7-4(8)3-1-5-6-2-3/h1-10H;1-2H,(H,5,6)(H,7,8). The molecule has 4 nitrogen and oxygen atoms in total. The molecule has 4 heteroatoms. The summed E-state index contributed by atoms with van der Waals surface area (Å²) in [7, 11) is 0. The number of H-pyrrole nitrogens is 1. The lowest BCUT2D eigenvalue weighted by molar-refractivity contribution is 0.0697. The van der Waals surface area contributed by atoms with Gasteiger partial charge in [-0.15, -0.1) is 0 Å². The van der Waals surface area contributed by atoms with E-state index >= 15 is 0 Å². The third kappa shape index (κ3) is 2.34. The van der Waals surface area contributed by atoms with Crippen LogP contribution in [0.1, 0.15) is 10.4 Å². The number of carboxylic acids is 1. The van der Waals surface area contributed by atoms with Crippen molar-refractivity contribution in [3.8, 4) is 0 Å². The summed E-state index contributed by atoms with van der Waals surface area (Å²) in [5.41, 5.74) is 0.185. The van der Waals surface area contributed by atoms with E-state index in [9.17, 15) is 4.79 Å². The second-order valence-electron chi connectivity index (χ2n) is 5.58. The minimum Gasteiger partial charge on any atom is -0.478 e. The molecule has 0 radical (unpaired) electrons. The molecule has 0 unspecified atom stereocenters. The molecule has 0 amide bonds. The molecular weight excluding hydrogens is 300 g/mol. The van der Waals surface area contributed by atoms with E-state index in [1.165, 1.54) is 44.7 Å². The smallest absolute Gasteiger partial charge is 0.338 e. The number of carbonyl (C=O) groups is 1. The second kappa shape index (κ2) is 5.66. The summed E-state index contributed by atoms with van der Waals surface area (Å²) in [6, 6.07) is 21.9. The van der Waals surface area contributed by atoms with Crippen molar-refractivity contribution in [1.82, 2.24) is 10.2 Å². The van der Waals surface area contributed by atoms with E-state index in [1.807, 2.05) is 0 Å². The molecule has 0 saturated carbocycles. The molecule has 4 aromatic carbocycles. The van der Waals surface area contributed by atoms with Crippen molar-refractivity contribution in [2.75, 3.05) is 0 Å². The monoisotopic (exact) mass is 314 g/mol. The first kappa shape index (κ1) is 14.2. The summed E-state index contributed by atoms with van der Waals surface area (Å²) in [5, 5.41) is 22.2. The number of hydrogen-bond acceptors (Lipinski definition) is 2. The van der Waals surface area contributed by atoms with Crippen molar-refractivity contribution in [2.24, 2.45) is 0 Å². The van der Waals surface area contributed by atoms with Gasteiger partial charge < -0.3 is 5.11 Å². The van der Waals surface area contributed by atoms with Gasteiger partial charge in [0.25, 0.3) is 0 Å². The number of nitrogens with one attached hydrogen (secondary N) is 1. The Morgan fingerprint density at radius 3 is 1.54 bits per heavy atom. The molecule has 2 N–H and O–H groups in total. The summed E-state index contributed by atoms with van der Waals surface area (Å²) in [4.78, 5) is 10.0. The average molecular weight is 314 g/mol. The maximum Gasteiger partial charge on any atom is 0.338 e. The second-order valence-corrected chi connectivity index (χ2v) is 5.58. The number of benzene rings is 4. The van der Waals surface area contributed by atoms with E-state index in [0.717, 1.165) is 0 Å². The van der Waals surface area contributed by atoms with Gasteiger partial charge in [0.2, 0.25) is 0 Å². The summed E-state index contributed by atoms with van der Waals surface area (Å²) in [6.45, 7) is 0. The quantitative estimate of drug-likeness (QED) is 0.441. The first-order chi connectivity index (χ1) is 11.7. The Balaban J connectivity index is 0.000000155. The Kier molecular flexibility index (Phi) is 3.35. The van der Waals surface area contributed by atoms with Crippen molar-refractivity contribution in [3.63, 3.8) is 0 Å². The van der Waals surface area contributed by atoms with E-state index in [4.69, 9.17) is 5.11 Å². The fourth-order valence-corrected chi connectivity index (χ4v) is 3.04. The highest BCUT2D eigenvalue weighted by atomic mass is 16.4. The number of nitrogens with zero attached hydrogens (tertiary/aromatic N) is 1. The molecule has 5 aromatic rings. The molecule has 116 valence electrons. The van der Waals surface area contributed by atoms with Crippen LogP contribution in [0.5, 0.6) is 0 Å². The van der Waals surface area contributed by atoms with Crippen molar-refractivity contribution in [3.05, 3.63) is 78.6 Å². The maximum atomic E-state index is 10.0. The molecule has 0 atom stereocenters. The third-order valence-electron chi connectivity index (χ3n) is 4.14. The number of rotatable bonds is 1. The molecular formula is C20H14N2O2. The van der Waals surface area contributed by atoms with Gasteiger partial charge in [-0.3, -0.25) is 5.10 Å². The average Bonchev–Trinajstić information content (AvgIpc) is 3.16. The molecule has 0 aliphatic rings. The fourth-order valence-electron chi connectivity index (χ4n) is 3.04. The lowest BCUT2D eigenvalue weighted by Gasteiger charge is -2.09. The number of hydrogen-bond donors (Lipinski definition) is 2. The van der Waals surface area contributed by atoms with Gasteiger partial charge in [-0.25, -0.2) is 4.79 Å². The van der Waals surface area contributed by atoms with Crippen LogP contribution in [-0.4, -0.2) is 21.3 Å². The predicted molar refractivity (Wildman–Crippen MR) is 95.7 cm³/mol. The SMILES string of the molecule is O=C(O)c1cn[nH]c1.c1cc2ccc3cccc4ccc(c1)c2c34. The third-order valence-corrected chi connectivity index (χ3v) is 4.14. The van der Waals surface area contributed by atoms with Gasteiger partial charge >= 0.3 is 5.97 Å². The highest BCUT2D eigenvalue weighted by molar-refractivity contribution is 6.22. The van der Waals surface area contributed by atoms with Crippen molar-refractivity contribution in [2.45, 2.75) is 0 Å². The van der Waals surface area contributed by atoms with Crippen LogP contribution in [-0.2, 0) is 0 Å². The minimum atomic E-state index is -0.959. The lowest BCUT2D eigenvalue weighted by Crippen LogP contribution is -1.91. The van der Waals surface area contributed by atoms with Crippen molar-refractivity contribution in [1.29, 1.82) is 0 Å². The molecule has 0 saturated heterocycles. The first-order valence-electron chi connectivity index (χ1n) is 7.58. The molecule has 0 aliphatic heterocycles. The Morgan fingerprint density at radius 2 is 1.25 bits per heavy atom. The van der Waals surface area contributed by atoms with E-state index in [0.29, 0.717) is 0 Å². The fraction of sp³-hybridized carbons (Fsp3) is 0. The van der Waals surface area contributed by atoms with Crippen LogP contribution >= 0.6 is 0 Å². The molecule has 1 heterocycles. The lowest BCUT2D eigenvalue weighted by atomic mass is 9.95. The molecule has 0 bridgehead atoms. The highest BCUT2D eigenvalue weighted by Gasteiger charge is 2.06. The summed E-state index contributed by atoms with van der Waals surface area (Å²) >= 11 is 0. The zero-order chi connectivity index (χ0) is 16.5. The van der Waals surface area contributed by atoms with Crippen LogP contribution < -0.4 is 0 Å². The van der Waals surface area contributed by atoms with Crippen molar-refractivity contribution >= 4 is 38.3 Å². The van der Waals surface area contributed by atoms with E-state index in [2.05, 4.69) is 70.9 Å². The topological polar surface area (TPSA) is 66.0 Å². The van der Waals surface area contributed by atoms with Crippen LogP contribution in [0.15, 0.2) is 73.1 Å². The molecule has 0 fully saturated rings. The highest BCUT2D eigenvalue weighted by Crippen LogP contribution is 2.33. The van der Waals surface area contributed by atoms with Crippen LogP contribution in [0.25, 0.3) is 32.3 Å². The minimum absolute atomic E-state index is 0.185. The van der Waals surface area contributed by atoms with Gasteiger partial charge in [0.15, 0.2) is 0 Å². The van der Waals surface area contributed by atoms with Crippen LogP contribution in [0.3, 0.4) is 0 Å². The number of aromatic nitrogens is 2. The molecule has 0 aliphatic carbocycles. The van der Waals surface area contributed by atoms with E-state index in [-0.39, 0.29) is 5.56 Å². The van der Waals surface area contributed by atoms with Gasteiger partial charge in [0.1, 0.15) is 0 Å². The number of carboxylic acid groups (broad SMARTS) is 1. The Labute approximate surface area is 137 Å². The number of aromatic amines is 1. The molecule has 1 aromatic heterocycles. The first-order valence-corrected chi connectivity index (χ1v) is 7.58. The normalized spacial score (nSPS) is 10.8. The van der Waals surface area contributed by atoms with Crippen LogP contribution in [0.4, 0.5) is 0 Å². The Morgan fingerprint density at radius 1 is 0.792 bits per heavy atom. The van der Waals surface area contributed by atoms with E-state index < -0.39 is 5.97 Å². The van der Waals surface area contributed by atoms with Gasteiger partial charge in [0, 0.05) is 6.20 Å². The summed E-state index contributed by atoms with van der Waals surface area (Å²) in [5.74, 6) is -0.959. The van der Waals surface area contributed by atoms with Crippen LogP contribution in [0, 0.1) is 0 Å². The van der Waals surface area contributed by atoms with Gasteiger partial charge in [0.05, 0.1) is 11.8 Å². The van der Waals surface area contributed by atoms with Gasteiger partial charge in [-0.1, -0.05) is 60.7 Å².